The summed E-state index contributed by atoms with van der Waals surface area (Å²) in [6.45, 7) is 5.94. The fourth-order valence-corrected chi connectivity index (χ4v) is 2.07. The quantitative estimate of drug-likeness (QED) is 0.644. The second-order valence-electron chi connectivity index (χ2n) is 4.15. The molecule has 1 aliphatic heterocycles. The van der Waals surface area contributed by atoms with Gasteiger partial charge in [-0.2, -0.15) is 0 Å². The normalized spacial score (nSPS) is 21.2. The summed E-state index contributed by atoms with van der Waals surface area (Å²) in [5.41, 5.74) is 0. The van der Waals surface area contributed by atoms with E-state index in [1.807, 2.05) is 0 Å². The Morgan fingerprint density at radius 1 is 1.44 bits per heavy atom. The lowest BCUT2D eigenvalue weighted by molar-refractivity contribution is 0.00658. The van der Waals surface area contributed by atoms with E-state index in [0.29, 0.717) is 12.6 Å². The van der Waals surface area contributed by atoms with E-state index < -0.39 is 13.0 Å². The molecule has 0 aromatic carbocycles. The highest BCUT2D eigenvalue weighted by atomic mass is 19.3. The molecule has 1 heterocycles. The molecule has 96 valence electrons. The van der Waals surface area contributed by atoms with Gasteiger partial charge >= 0.3 is 0 Å². The van der Waals surface area contributed by atoms with Crippen molar-refractivity contribution in [1.29, 1.82) is 0 Å². The Kier molecular flexibility index (Phi) is 6.84. The molecule has 0 aromatic heterocycles. The van der Waals surface area contributed by atoms with Crippen LogP contribution >= 0.6 is 0 Å². The Balaban J connectivity index is 2.17. The molecule has 0 amide bonds. The van der Waals surface area contributed by atoms with E-state index in [1.54, 1.807) is 0 Å². The van der Waals surface area contributed by atoms with Crippen molar-refractivity contribution < 1.29 is 13.5 Å². The van der Waals surface area contributed by atoms with Crippen LogP contribution in [0.5, 0.6) is 0 Å². The molecule has 1 fully saturated rings. The Morgan fingerprint density at radius 2 is 2.25 bits per heavy atom. The van der Waals surface area contributed by atoms with Crippen LogP contribution in [0.1, 0.15) is 19.8 Å². The predicted octanol–water partition coefficient (Wildman–Crippen LogP) is 1.34. The molecule has 0 saturated carbocycles. The highest BCUT2D eigenvalue weighted by Gasteiger charge is 2.21. The smallest absolute Gasteiger partial charge is 0.261 e. The summed E-state index contributed by atoms with van der Waals surface area (Å²) >= 11 is 0. The van der Waals surface area contributed by atoms with Crippen LogP contribution in [0.2, 0.25) is 0 Å². The topological polar surface area (TPSA) is 24.5 Å². The van der Waals surface area contributed by atoms with Crippen LogP contribution in [0.4, 0.5) is 8.78 Å². The van der Waals surface area contributed by atoms with Crippen LogP contribution in [-0.4, -0.2) is 56.8 Å². The molecule has 0 aliphatic carbocycles. The number of rotatable bonds is 8. The molecule has 1 N–H and O–H groups in total. The molecule has 1 unspecified atom stereocenters. The van der Waals surface area contributed by atoms with Gasteiger partial charge in [-0.05, 0) is 25.9 Å². The van der Waals surface area contributed by atoms with E-state index in [4.69, 9.17) is 4.74 Å². The SMILES string of the molecule is CCCN(CCOCC(F)F)C1CCNC1. The molecule has 1 atom stereocenters. The molecule has 0 aromatic rings. The van der Waals surface area contributed by atoms with Crippen molar-refractivity contribution in [2.45, 2.75) is 32.2 Å². The summed E-state index contributed by atoms with van der Waals surface area (Å²) in [5.74, 6) is 0. The zero-order chi connectivity index (χ0) is 11.8. The minimum atomic E-state index is -2.35. The van der Waals surface area contributed by atoms with Gasteiger partial charge in [0.05, 0.1) is 6.61 Å². The molecule has 1 rings (SSSR count). The van der Waals surface area contributed by atoms with E-state index in [2.05, 4.69) is 17.1 Å². The van der Waals surface area contributed by atoms with Gasteiger partial charge in [0.25, 0.3) is 6.43 Å². The van der Waals surface area contributed by atoms with Crippen LogP contribution in [-0.2, 0) is 4.74 Å². The third-order valence-corrected chi connectivity index (χ3v) is 2.83. The van der Waals surface area contributed by atoms with Gasteiger partial charge in [-0.1, -0.05) is 6.92 Å². The molecule has 0 radical (unpaired) electrons. The summed E-state index contributed by atoms with van der Waals surface area (Å²) in [7, 11) is 0. The predicted molar refractivity (Wildman–Crippen MR) is 60.0 cm³/mol. The first-order valence-corrected chi connectivity index (χ1v) is 6.04. The summed E-state index contributed by atoms with van der Waals surface area (Å²) < 4.78 is 28.6. The Labute approximate surface area is 96.1 Å². The fourth-order valence-electron chi connectivity index (χ4n) is 2.07. The molecule has 0 bridgehead atoms. The van der Waals surface area contributed by atoms with Crippen molar-refractivity contribution in [2.75, 3.05) is 39.4 Å². The average Bonchev–Trinajstić information content (AvgIpc) is 2.75. The van der Waals surface area contributed by atoms with Crippen LogP contribution in [0, 0.1) is 0 Å². The molecule has 1 saturated heterocycles. The average molecular weight is 236 g/mol. The van der Waals surface area contributed by atoms with Gasteiger partial charge in [0.15, 0.2) is 0 Å². The van der Waals surface area contributed by atoms with E-state index in [0.717, 1.165) is 39.0 Å². The van der Waals surface area contributed by atoms with Crippen molar-refractivity contribution >= 4 is 0 Å². The van der Waals surface area contributed by atoms with Crippen LogP contribution < -0.4 is 5.32 Å². The summed E-state index contributed by atoms with van der Waals surface area (Å²) in [4.78, 5) is 2.34. The lowest BCUT2D eigenvalue weighted by atomic mass is 10.2. The maximum absolute atomic E-state index is 11.9. The number of hydrogen-bond donors (Lipinski definition) is 1. The number of nitrogens with zero attached hydrogens (tertiary/aromatic N) is 1. The Morgan fingerprint density at radius 3 is 2.81 bits per heavy atom. The van der Waals surface area contributed by atoms with Gasteiger partial charge in [-0.3, -0.25) is 4.90 Å². The minimum absolute atomic E-state index is 0.404. The Hall–Kier alpha value is -0.260. The third kappa shape index (κ3) is 5.18. The van der Waals surface area contributed by atoms with Crippen molar-refractivity contribution in [3.8, 4) is 0 Å². The molecular weight excluding hydrogens is 214 g/mol. The number of alkyl halides is 2. The maximum atomic E-state index is 11.9. The maximum Gasteiger partial charge on any atom is 0.261 e. The van der Waals surface area contributed by atoms with Crippen molar-refractivity contribution in [3.05, 3.63) is 0 Å². The highest BCUT2D eigenvalue weighted by molar-refractivity contribution is 4.80. The van der Waals surface area contributed by atoms with Crippen LogP contribution in [0.15, 0.2) is 0 Å². The molecule has 5 heteroatoms. The number of halogens is 2. The number of ether oxygens (including phenoxy) is 1. The van der Waals surface area contributed by atoms with Crippen molar-refractivity contribution in [2.24, 2.45) is 0 Å². The summed E-state index contributed by atoms with van der Waals surface area (Å²) in [6, 6.07) is 0.551. The van der Waals surface area contributed by atoms with Crippen molar-refractivity contribution in [3.63, 3.8) is 0 Å². The van der Waals surface area contributed by atoms with E-state index >= 15 is 0 Å². The molecule has 0 spiro atoms. The summed E-state index contributed by atoms with van der Waals surface area (Å²) in [6.07, 6.45) is -0.118. The zero-order valence-corrected chi connectivity index (χ0v) is 9.92. The van der Waals surface area contributed by atoms with Gasteiger partial charge in [0.1, 0.15) is 6.61 Å². The lowest BCUT2D eigenvalue weighted by Gasteiger charge is -2.27. The molecule has 1 aliphatic rings. The monoisotopic (exact) mass is 236 g/mol. The van der Waals surface area contributed by atoms with Gasteiger partial charge < -0.3 is 10.1 Å². The van der Waals surface area contributed by atoms with Crippen molar-refractivity contribution in [1.82, 2.24) is 10.2 Å². The van der Waals surface area contributed by atoms with E-state index in [1.165, 1.54) is 0 Å². The number of hydrogen-bond acceptors (Lipinski definition) is 3. The van der Waals surface area contributed by atoms with Crippen LogP contribution in [0.3, 0.4) is 0 Å². The molecule has 3 nitrogen and oxygen atoms in total. The zero-order valence-electron chi connectivity index (χ0n) is 9.92. The number of nitrogens with one attached hydrogen (secondary N) is 1. The largest absolute Gasteiger partial charge is 0.374 e. The first kappa shape index (κ1) is 13.8. The third-order valence-electron chi connectivity index (χ3n) is 2.83. The second kappa shape index (κ2) is 7.92. The fraction of sp³-hybridized carbons (Fsp3) is 1.00. The van der Waals surface area contributed by atoms with Gasteiger partial charge in [-0.25, -0.2) is 8.78 Å². The lowest BCUT2D eigenvalue weighted by Crippen LogP contribution is -2.39. The first-order valence-electron chi connectivity index (χ1n) is 6.04. The Bertz CT molecular complexity index is 175. The van der Waals surface area contributed by atoms with Gasteiger partial charge in [0, 0.05) is 19.1 Å². The molecular formula is C11H22F2N2O. The minimum Gasteiger partial charge on any atom is -0.374 e. The standard InChI is InChI=1S/C11H22F2N2O/c1-2-5-15(10-3-4-14-8-10)6-7-16-9-11(12)13/h10-11,14H,2-9H2,1H3. The first-order chi connectivity index (χ1) is 7.74. The highest BCUT2D eigenvalue weighted by Crippen LogP contribution is 2.08. The van der Waals surface area contributed by atoms with Crippen LogP contribution in [0.25, 0.3) is 0 Å². The van der Waals surface area contributed by atoms with Gasteiger partial charge in [-0.15, -0.1) is 0 Å². The molecule has 16 heavy (non-hydrogen) atoms. The van der Waals surface area contributed by atoms with Gasteiger partial charge in [0.2, 0.25) is 0 Å². The second-order valence-corrected chi connectivity index (χ2v) is 4.15. The summed E-state index contributed by atoms with van der Waals surface area (Å²) in [5, 5.41) is 3.32. The van der Waals surface area contributed by atoms with E-state index in [9.17, 15) is 8.78 Å². The van der Waals surface area contributed by atoms with E-state index in [-0.39, 0.29) is 0 Å².